The number of thiophene rings is 1. The molecule has 2 amide bonds. The molecule has 5 nitrogen and oxygen atoms in total. The zero-order chi connectivity index (χ0) is 28.4. The first-order chi connectivity index (χ1) is 19.3. The highest BCUT2D eigenvalue weighted by atomic mass is 79.9. The fourth-order valence-corrected chi connectivity index (χ4v) is 6.86. The third-order valence-corrected chi connectivity index (χ3v) is 9.00. The summed E-state index contributed by atoms with van der Waals surface area (Å²) >= 11 is 11.3. The van der Waals surface area contributed by atoms with E-state index in [0.29, 0.717) is 21.7 Å². The molecule has 9 heteroatoms. The first-order valence-electron chi connectivity index (χ1n) is 12.7. The van der Waals surface area contributed by atoms with Crippen molar-refractivity contribution >= 4 is 56.5 Å². The van der Waals surface area contributed by atoms with Crippen LogP contribution in [0.4, 0.5) is 4.39 Å². The highest BCUT2D eigenvalue weighted by molar-refractivity contribution is 9.10. The van der Waals surface area contributed by atoms with Crippen LogP contribution in [0.3, 0.4) is 0 Å². The van der Waals surface area contributed by atoms with Crippen LogP contribution < -0.4 is 5.32 Å². The van der Waals surface area contributed by atoms with Crippen molar-refractivity contribution in [3.05, 3.63) is 127 Å². The topological polar surface area (TPSA) is 66.5 Å². The van der Waals surface area contributed by atoms with Gasteiger partial charge in [0.1, 0.15) is 11.9 Å². The van der Waals surface area contributed by atoms with E-state index in [2.05, 4.69) is 21.2 Å². The normalized spacial score (nSPS) is 20.4. The molecule has 204 valence electrons. The molecule has 1 aliphatic rings. The molecule has 1 aliphatic heterocycles. The van der Waals surface area contributed by atoms with E-state index < -0.39 is 29.8 Å². The van der Waals surface area contributed by atoms with Crippen molar-refractivity contribution < 1.29 is 18.8 Å². The van der Waals surface area contributed by atoms with Crippen molar-refractivity contribution in [2.75, 3.05) is 0 Å². The number of carbonyl (C=O) groups excluding carboxylic acids is 3. The van der Waals surface area contributed by atoms with Gasteiger partial charge in [-0.2, -0.15) is 0 Å². The highest BCUT2D eigenvalue weighted by Gasteiger charge is 2.55. The lowest BCUT2D eigenvalue weighted by molar-refractivity contribution is -0.126. The maximum absolute atomic E-state index is 14.2. The molecular formula is C31H25BrClFN2O3S. The zero-order valence-corrected chi connectivity index (χ0v) is 24.5. The minimum Gasteiger partial charge on any atom is -0.350 e. The smallest absolute Gasteiger partial charge is 0.255 e. The third kappa shape index (κ3) is 5.61. The number of nitrogens with one attached hydrogen (secondary N) is 1. The number of benzene rings is 3. The number of likely N-dealkylation sites (tertiary alicyclic amines) is 1. The Bertz CT molecular complexity index is 1550. The predicted molar refractivity (Wildman–Crippen MR) is 158 cm³/mol. The van der Waals surface area contributed by atoms with Gasteiger partial charge in [0.2, 0.25) is 5.91 Å². The summed E-state index contributed by atoms with van der Waals surface area (Å²) in [6.07, 6.45) is 0. The Balaban J connectivity index is 1.58. The van der Waals surface area contributed by atoms with E-state index in [4.69, 9.17) is 11.6 Å². The fourth-order valence-electron chi connectivity index (χ4n) is 5.36. The third-order valence-electron chi connectivity index (χ3n) is 7.24. The monoisotopic (exact) mass is 638 g/mol. The Morgan fingerprint density at radius 2 is 1.75 bits per heavy atom. The maximum Gasteiger partial charge on any atom is 0.255 e. The van der Waals surface area contributed by atoms with Crippen molar-refractivity contribution in [2.45, 2.75) is 25.6 Å². The van der Waals surface area contributed by atoms with Crippen LogP contribution in [0, 0.1) is 17.7 Å². The quantitative estimate of drug-likeness (QED) is 0.216. The zero-order valence-electron chi connectivity index (χ0n) is 21.4. The standard InChI is InChI=1S/C31H25BrClFN2O3S/c1-18-26(29(37)23-8-2-3-9-24(23)33)28(25-10-5-15-40-25)36(31(39)20-6-4-7-21(32)16-20)27(18)30(38)35-17-19-11-13-22(34)14-12-19/h2-16,18,26-28H,17H2,1H3,(H,35,38). The molecule has 0 bridgehead atoms. The molecule has 1 saturated heterocycles. The average molecular weight is 640 g/mol. The number of halogens is 3. The molecule has 1 fully saturated rings. The van der Waals surface area contributed by atoms with Crippen molar-refractivity contribution in [2.24, 2.45) is 11.8 Å². The van der Waals surface area contributed by atoms with Crippen LogP contribution in [0.2, 0.25) is 5.02 Å². The molecule has 2 heterocycles. The largest absolute Gasteiger partial charge is 0.350 e. The summed E-state index contributed by atoms with van der Waals surface area (Å²) in [7, 11) is 0. The number of hydrogen-bond acceptors (Lipinski definition) is 4. The molecule has 0 aliphatic carbocycles. The Kier molecular flexibility index (Phi) is 8.49. The van der Waals surface area contributed by atoms with Gasteiger partial charge < -0.3 is 10.2 Å². The summed E-state index contributed by atoms with van der Waals surface area (Å²) in [6, 6.07) is 21.8. The van der Waals surface area contributed by atoms with E-state index >= 15 is 0 Å². The van der Waals surface area contributed by atoms with Crippen LogP contribution in [0.1, 0.15) is 44.1 Å². The molecule has 0 radical (unpaired) electrons. The molecule has 4 atom stereocenters. The average Bonchev–Trinajstić information content (AvgIpc) is 3.58. The second kappa shape index (κ2) is 12.0. The fraction of sp³-hybridized carbons (Fsp3) is 0.194. The molecule has 1 N–H and O–H groups in total. The first-order valence-corrected chi connectivity index (χ1v) is 14.7. The van der Waals surface area contributed by atoms with E-state index in [1.54, 1.807) is 59.5 Å². The van der Waals surface area contributed by atoms with Crippen LogP contribution in [0.5, 0.6) is 0 Å². The molecule has 1 aromatic heterocycles. The number of Topliss-reactive ketones (excluding diaryl/α,β-unsaturated/α-hetero) is 1. The Morgan fingerprint density at radius 3 is 2.42 bits per heavy atom. The summed E-state index contributed by atoms with van der Waals surface area (Å²) < 4.78 is 14.1. The summed E-state index contributed by atoms with van der Waals surface area (Å²) in [5.41, 5.74) is 1.46. The van der Waals surface area contributed by atoms with Crippen LogP contribution in [-0.4, -0.2) is 28.5 Å². The Labute approximate surface area is 249 Å². The molecular weight excluding hydrogens is 615 g/mol. The van der Waals surface area contributed by atoms with Crippen LogP contribution >= 0.6 is 38.9 Å². The van der Waals surface area contributed by atoms with Gasteiger partial charge in [0.15, 0.2) is 5.78 Å². The second-order valence-electron chi connectivity index (χ2n) is 9.70. The van der Waals surface area contributed by atoms with Gasteiger partial charge in [-0.25, -0.2) is 4.39 Å². The highest BCUT2D eigenvalue weighted by Crippen LogP contribution is 2.48. The van der Waals surface area contributed by atoms with E-state index in [1.807, 2.05) is 30.5 Å². The van der Waals surface area contributed by atoms with Crippen molar-refractivity contribution in [3.63, 3.8) is 0 Å². The van der Waals surface area contributed by atoms with E-state index in [1.165, 1.54) is 23.5 Å². The van der Waals surface area contributed by atoms with E-state index in [0.717, 1.165) is 9.35 Å². The lowest BCUT2D eigenvalue weighted by atomic mass is 9.82. The number of rotatable bonds is 7. The van der Waals surface area contributed by atoms with Gasteiger partial charge in [0, 0.05) is 27.0 Å². The van der Waals surface area contributed by atoms with Gasteiger partial charge in [-0.15, -0.1) is 11.3 Å². The molecule has 3 aromatic carbocycles. The molecule has 0 saturated carbocycles. The molecule has 4 unspecified atom stereocenters. The Hall–Kier alpha value is -3.33. The van der Waals surface area contributed by atoms with Crippen molar-refractivity contribution in [3.8, 4) is 0 Å². The minimum atomic E-state index is -0.949. The molecule has 40 heavy (non-hydrogen) atoms. The van der Waals surface area contributed by atoms with Gasteiger partial charge in [-0.05, 0) is 65.4 Å². The molecule has 5 rings (SSSR count). The van der Waals surface area contributed by atoms with Crippen LogP contribution in [0.25, 0.3) is 0 Å². The number of ketones is 1. The Morgan fingerprint density at radius 1 is 1.00 bits per heavy atom. The van der Waals surface area contributed by atoms with Gasteiger partial charge in [0.05, 0.1) is 17.0 Å². The molecule has 4 aromatic rings. The summed E-state index contributed by atoms with van der Waals surface area (Å²) in [5.74, 6) is -2.61. The summed E-state index contributed by atoms with van der Waals surface area (Å²) in [5, 5.41) is 5.12. The lowest BCUT2D eigenvalue weighted by Crippen LogP contribution is -2.48. The number of nitrogens with zero attached hydrogens (tertiary/aromatic N) is 1. The van der Waals surface area contributed by atoms with Crippen molar-refractivity contribution in [1.82, 2.24) is 10.2 Å². The van der Waals surface area contributed by atoms with Crippen molar-refractivity contribution in [1.29, 1.82) is 0 Å². The van der Waals surface area contributed by atoms with Gasteiger partial charge in [-0.3, -0.25) is 14.4 Å². The first kappa shape index (κ1) is 28.2. The second-order valence-corrected chi connectivity index (χ2v) is 12.0. The number of hydrogen-bond donors (Lipinski definition) is 1. The van der Waals surface area contributed by atoms with E-state index in [-0.39, 0.29) is 24.1 Å². The van der Waals surface area contributed by atoms with Gasteiger partial charge >= 0.3 is 0 Å². The number of amides is 2. The van der Waals surface area contributed by atoms with Gasteiger partial charge in [-0.1, -0.05) is 70.9 Å². The summed E-state index contributed by atoms with van der Waals surface area (Å²) in [4.78, 5) is 44.6. The minimum absolute atomic E-state index is 0.147. The predicted octanol–water partition coefficient (Wildman–Crippen LogP) is 7.32. The van der Waals surface area contributed by atoms with Crippen LogP contribution in [-0.2, 0) is 11.3 Å². The summed E-state index contributed by atoms with van der Waals surface area (Å²) in [6.45, 7) is 1.98. The van der Waals surface area contributed by atoms with E-state index in [9.17, 15) is 18.8 Å². The lowest BCUT2D eigenvalue weighted by Gasteiger charge is -2.31. The molecule has 0 spiro atoms. The maximum atomic E-state index is 14.2. The number of carbonyl (C=O) groups is 3. The SMILES string of the molecule is CC1C(C(=O)c2ccccc2Cl)C(c2cccs2)N(C(=O)c2cccc(Br)c2)C1C(=O)NCc1ccc(F)cc1. The van der Waals surface area contributed by atoms with Crippen LogP contribution in [0.15, 0.2) is 94.8 Å². The van der Waals surface area contributed by atoms with Gasteiger partial charge in [0.25, 0.3) is 5.91 Å².